The Morgan fingerprint density at radius 3 is 2.36 bits per heavy atom. The van der Waals surface area contributed by atoms with Gasteiger partial charge in [0.1, 0.15) is 5.82 Å². The van der Waals surface area contributed by atoms with Crippen molar-refractivity contribution in [2.24, 2.45) is 0 Å². The van der Waals surface area contributed by atoms with Gasteiger partial charge in [0, 0.05) is 38.9 Å². The number of rotatable bonds is 4. The molecule has 0 bridgehead atoms. The summed E-state index contributed by atoms with van der Waals surface area (Å²) in [6, 6.07) is 12.4. The molecule has 1 aromatic carbocycles. The van der Waals surface area contributed by atoms with Gasteiger partial charge in [0.2, 0.25) is 5.91 Å². The minimum Gasteiger partial charge on any atom is -0.339 e. The maximum Gasteiger partial charge on any atom is 0.233 e. The van der Waals surface area contributed by atoms with Gasteiger partial charge in [-0.05, 0) is 42.7 Å². The number of hydrogen-bond acceptors (Lipinski definition) is 3. The highest BCUT2D eigenvalue weighted by Crippen LogP contribution is 2.49. The normalized spacial score (nSPS) is 19.6. The quantitative estimate of drug-likeness (QED) is 0.859. The number of pyridine rings is 1. The molecule has 4 rings (SSSR count). The van der Waals surface area contributed by atoms with Gasteiger partial charge in [-0.2, -0.15) is 0 Å². The predicted octanol–water partition coefficient (Wildman–Crippen LogP) is 2.60. The number of hydrogen-bond donors (Lipinski definition) is 0. The molecule has 0 N–H and O–H groups in total. The topological polar surface area (TPSA) is 36.4 Å². The van der Waals surface area contributed by atoms with Crippen molar-refractivity contribution < 1.29 is 9.18 Å². The summed E-state index contributed by atoms with van der Waals surface area (Å²) >= 11 is 0. The van der Waals surface area contributed by atoms with Crippen LogP contribution in [0.5, 0.6) is 0 Å². The first-order valence-electron chi connectivity index (χ1n) is 8.85. The summed E-state index contributed by atoms with van der Waals surface area (Å²) in [4.78, 5) is 21.7. The minimum absolute atomic E-state index is 0.205. The zero-order valence-electron chi connectivity index (χ0n) is 14.2. The van der Waals surface area contributed by atoms with Crippen molar-refractivity contribution in [3.63, 3.8) is 0 Å². The van der Waals surface area contributed by atoms with Gasteiger partial charge in [-0.15, -0.1) is 0 Å². The lowest BCUT2D eigenvalue weighted by atomic mass is 9.94. The molecule has 0 unspecified atom stereocenters. The van der Waals surface area contributed by atoms with E-state index in [1.807, 2.05) is 29.3 Å². The Morgan fingerprint density at radius 2 is 1.76 bits per heavy atom. The Morgan fingerprint density at radius 1 is 1.04 bits per heavy atom. The Bertz CT molecular complexity index is 735. The van der Waals surface area contributed by atoms with E-state index in [0.717, 1.165) is 56.8 Å². The molecule has 1 aliphatic heterocycles. The molecule has 4 nitrogen and oxygen atoms in total. The van der Waals surface area contributed by atoms with Crippen molar-refractivity contribution in [2.45, 2.75) is 24.8 Å². The number of aromatic nitrogens is 1. The number of carbonyl (C=O) groups excluding carboxylic acids is 1. The maximum absolute atomic E-state index is 13.2. The van der Waals surface area contributed by atoms with E-state index >= 15 is 0 Å². The van der Waals surface area contributed by atoms with Crippen LogP contribution in [-0.2, 0) is 16.8 Å². The van der Waals surface area contributed by atoms with Gasteiger partial charge in [0.15, 0.2) is 0 Å². The molecule has 2 heterocycles. The third-order valence-corrected chi connectivity index (χ3v) is 5.33. The monoisotopic (exact) mass is 339 g/mol. The standard InChI is InChI=1S/C20H22FN3O/c21-17-6-4-16(5-7-17)20(8-9-20)19(25)24-13-11-23(12-14-24)15-18-3-1-2-10-22-18/h1-7,10H,8-9,11-15H2. The van der Waals surface area contributed by atoms with E-state index in [2.05, 4.69) is 9.88 Å². The molecule has 2 fully saturated rings. The van der Waals surface area contributed by atoms with Crippen molar-refractivity contribution in [3.05, 3.63) is 65.7 Å². The first-order valence-corrected chi connectivity index (χ1v) is 8.85. The lowest BCUT2D eigenvalue weighted by Gasteiger charge is -2.36. The highest BCUT2D eigenvalue weighted by Gasteiger charge is 2.53. The molecule has 2 aromatic rings. The number of benzene rings is 1. The van der Waals surface area contributed by atoms with E-state index in [0.29, 0.717) is 0 Å². The zero-order chi connectivity index (χ0) is 17.3. The summed E-state index contributed by atoms with van der Waals surface area (Å²) in [6.45, 7) is 4.04. The average molecular weight is 339 g/mol. The van der Waals surface area contributed by atoms with Gasteiger partial charge in [-0.1, -0.05) is 18.2 Å². The second-order valence-corrected chi connectivity index (χ2v) is 6.98. The lowest BCUT2D eigenvalue weighted by molar-refractivity contribution is -0.135. The summed E-state index contributed by atoms with van der Waals surface area (Å²) in [5.74, 6) is -0.0493. The summed E-state index contributed by atoms with van der Waals surface area (Å²) < 4.78 is 13.2. The lowest BCUT2D eigenvalue weighted by Crippen LogP contribution is -2.51. The molecule has 25 heavy (non-hydrogen) atoms. The molecular formula is C20H22FN3O. The number of nitrogens with zero attached hydrogens (tertiary/aromatic N) is 3. The van der Waals surface area contributed by atoms with Gasteiger partial charge >= 0.3 is 0 Å². The van der Waals surface area contributed by atoms with E-state index in [1.54, 1.807) is 12.1 Å². The van der Waals surface area contributed by atoms with Crippen molar-refractivity contribution in [2.75, 3.05) is 26.2 Å². The number of amides is 1. The second kappa shape index (κ2) is 6.56. The third kappa shape index (κ3) is 3.29. The molecule has 5 heteroatoms. The van der Waals surface area contributed by atoms with E-state index in [4.69, 9.17) is 0 Å². The number of halogens is 1. The van der Waals surface area contributed by atoms with Gasteiger partial charge in [0.25, 0.3) is 0 Å². The van der Waals surface area contributed by atoms with Crippen molar-refractivity contribution in [1.29, 1.82) is 0 Å². The molecule has 2 aliphatic rings. The van der Waals surface area contributed by atoms with Crippen molar-refractivity contribution in [1.82, 2.24) is 14.8 Å². The zero-order valence-corrected chi connectivity index (χ0v) is 14.2. The molecule has 0 spiro atoms. The van der Waals surface area contributed by atoms with Crippen LogP contribution in [0.3, 0.4) is 0 Å². The SMILES string of the molecule is O=C(N1CCN(Cc2ccccn2)CC1)C1(c2ccc(F)cc2)CC1. The first-order chi connectivity index (χ1) is 12.2. The molecule has 0 radical (unpaired) electrons. The molecule has 0 atom stereocenters. The van der Waals surface area contributed by atoms with E-state index < -0.39 is 5.41 Å². The van der Waals surface area contributed by atoms with Crippen LogP contribution in [0.15, 0.2) is 48.7 Å². The van der Waals surface area contributed by atoms with Gasteiger partial charge in [0.05, 0.1) is 11.1 Å². The minimum atomic E-state index is -0.406. The van der Waals surface area contributed by atoms with Crippen molar-refractivity contribution >= 4 is 5.91 Å². The fraction of sp³-hybridized carbons (Fsp3) is 0.400. The van der Waals surface area contributed by atoms with Crippen LogP contribution in [0.25, 0.3) is 0 Å². The Kier molecular flexibility index (Phi) is 4.25. The molecule has 1 aliphatic carbocycles. The Labute approximate surface area is 147 Å². The summed E-state index contributed by atoms with van der Waals surface area (Å²) in [5.41, 5.74) is 1.61. The van der Waals surface area contributed by atoms with Gasteiger partial charge in [-0.25, -0.2) is 4.39 Å². The van der Waals surface area contributed by atoms with Crippen LogP contribution < -0.4 is 0 Å². The smallest absolute Gasteiger partial charge is 0.233 e. The highest BCUT2D eigenvalue weighted by atomic mass is 19.1. The third-order valence-electron chi connectivity index (χ3n) is 5.33. The highest BCUT2D eigenvalue weighted by molar-refractivity contribution is 5.91. The van der Waals surface area contributed by atoms with Crippen LogP contribution >= 0.6 is 0 Å². The van der Waals surface area contributed by atoms with Crippen LogP contribution in [0.4, 0.5) is 4.39 Å². The average Bonchev–Trinajstić information content (AvgIpc) is 3.45. The first kappa shape index (κ1) is 16.2. The van der Waals surface area contributed by atoms with Crippen LogP contribution in [-0.4, -0.2) is 46.9 Å². The Hall–Kier alpha value is -2.27. The van der Waals surface area contributed by atoms with E-state index in [1.165, 1.54) is 12.1 Å². The van der Waals surface area contributed by atoms with Crippen LogP contribution in [0.2, 0.25) is 0 Å². The fourth-order valence-corrected chi connectivity index (χ4v) is 3.65. The molecule has 1 saturated carbocycles. The maximum atomic E-state index is 13.2. The number of carbonyl (C=O) groups is 1. The molecule has 1 saturated heterocycles. The molecule has 1 amide bonds. The van der Waals surface area contributed by atoms with Crippen LogP contribution in [0, 0.1) is 5.82 Å². The summed E-state index contributed by atoms with van der Waals surface area (Å²) in [7, 11) is 0. The van der Waals surface area contributed by atoms with Crippen LogP contribution in [0.1, 0.15) is 24.1 Å². The van der Waals surface area contributed by atoms with Crippen molar-refractivity contribution in [3.8, 4) is 0 Å². The van der Waals surface area contributed by atoms with Gasteiger partial charge < -0.3 is 4.90 Å². The Balaban J connectivity index is 1.37. The van der Waals surface area contributed by atoms with E-state index in [-0.39, 0.29) is 11.7 Å². The predicted molar refractivity (Wildman–Crippen MR) is 93.4 cm³/mol. The molecule has 1 aromatic heterocycles. The number of piperazine rings is 1. The summed E-state index contributed by atoms with van der Waals surface area (Å²) in [6.07, 6.45) is 3.55. The largest absolute Gasteiger partial charge is 0.339 e. The molecule has 130 valence electrons. The van der Waals surface area contributed by atoms with Gasteiger partial charge in [-0.3, -0.25) is 14.7 Å². The molecular weight excluding hydrogens is 317 g/mol. The summed E-state index contributed by atoms with van der Waals surface area (Å²) in [5, 5.41) is 0. The second-order valence-electron chi connectivity index (χ2n) is 6.98. The fourth-order valence-electron chi connectivity index (χ4n) is 3.65. The van der Waals surface area contributed by atoms with E-state index in [9.17, 15) is 9.18 Å².